The smallest absolute Gasteiger partial charge is 0.270 e. The number of nitrogens with one attached hydrogen (secondary N) is 2. The Kier molecular flexibility index (Phi) is 5.02. The maximum absolute atomic E-state index is 13.0. The van der Waals surface area contributed by atoms with Crippen LogP contribution in [0.3, 0.4) is 0 Å². The molecule has 1 aliphatic rings. The Morgan fingerprint density at radius 1 is 1.14 bits per heavy atom. The van der Waals surface area contributed by atoms with Crippen molar-refractivity contribution in [2.24, 2.45) is 5.92 Å². The Bertz CT molecular complexity index is 997. The molecule has 6 nitrogen and oxygen atoms in total. The molecule has 1 aromatic heterocycles. The van der Waals surface area contributed by atoms with E-state index in [2.05, 4.69) is 10.3 Å². The molecule has 2 N–H and O–H groups in total. The van der Waals surface area contributed by atoms with Crippen LogP contribution < -0.4 is 10.1 Å². The van der Waals surface area contributed by atoms with Crippen LogP contribution in [0.15, 0.2) is 54.6 Å². The number of carbonyl (C=O) groups is 2. The number of likely N-dealkylation sites (tertiary alicyclic amines) is 1. The van der Waals surface area contributed by atoms with Crippen molar-refractivity contribution in [3.63, 3.8) is 0 Å². The number of benzene rings is 2. The van der Waals surface area contributed by atoms with Gasteiger partial charge >= 0.3 is 0 Å². The predicted octanol–water partition coefficient (Wildman–Crippen LogP) is 3.67. The Morgan fingerprint density at radius 3 is 2.75 bits per heavy atom. The van der Waals surface area contributed by atoms with Gasteiger partial charge in [0.1, 0.15) is 11.4 Å². The maximum Gasteiger partial charge on any atom is 0.270 e. The second-order valence-electron chi connectivity index (χ2n) is 7.08. The minimum atomic E-state index is -0.206. The Morgan fingerprint density at radius 2 is 1.96 bits per heavy atom. The first-order chi connectivity index (χ1) is 13.6. The first-order valence-electron chi connectivity index (χ1n) is 9.46. The van der Waals surface area contributed by atoms with Gasteiger partial charge in [0.25, 0.3) is 5.91 Å². The van der Waals surface area contributed by atoms with Crippen LogP contribution in [0.4, 0.5) is 5.69 Å². The van der Waals surface area contributed by atoms with Gasteiger partial charge in [-0.15, -0.1) is 0 Å². The molecule has 1 atom stereocenters. The van der Waals surface area contributed by atoms with Crippen molar-refractivity contribution in [3.8, 4) is 5.75 Å². The van der Waals surface area contributed by atoms with Gasteiger partial charge in [-0.2, -0.15) is 0 Å². The van der Waals surface area contributed by atoms with Crippen LogP contribution in [-0.4, -0.2) is 41.9 Å². The van der Waals surface area contributed by atoms with Gasteiger partial charge in [0.2, 0.25) is 5.91 Å². The molecule has 144 valence electrons. The van der Waals surface area contributed by atoms with Crippen LogP contribution in [0.2, 0.25) is 0 Å². The van der Waals surface area contributed by atoms with E-state index in [4.69, 9.17) is 4.74 Å². The number of amides is 2. The number of piperidine rings is 1. The van der Waals surface area contributed by atoms with Crippen LogP contribution >= 0.6 is 0 Å². The highest BCUT2D eigenvalue weighted by Crippen LogP contribution is 2.24. The topological polar surface area (TPSA) is 74.4 Å². The standard InChI is InChI=1S/C22H23N3O3/c1-28-18-10-9-15-12-20(24-19(15)13-18)22(27)25-11-5-6-16(14-25)21(26)23-17-7-3-2-4-8-17/h2-4,7-10,12-13,16,24H,5-6,11,14H2,1H3,(H,23,26). The molecule has 0 spiro atoms. The van der Waals surface area contributed by atoms with E-state index in [1.54, 1.807) is 12.0 Å². The highest BCUT2D eigenvalue weighted by atomic mass is 16.5. The summed E-state index contributed by atoms with van der Waals surface area (Å²) in [5.41, 5.74) is 2.17. The van der Waals surface area contributed by atoms with Crippen molar-refractivity contribution in [1.82, 2.24) is 9.88 Å². The van der Waals surface area contributed by atoms with E-state index >= 15 is 0 Å². The lowest BCUT2D eigenvalue weighted by molar-refractivity contribution is -0.121. The molecule has 1 aliphatic heterocycles. The number of ether oxygens (including phenoxy) is 1. The summed E-state index contributed by atoms with van der Waals surface area (Å²) in [6, 6.07) is 16.9. The number of hydrogen-bond acceptors (Lipinski definition) is 3. The van der Waals surface area contributed by atoms with E-state index in [9.17, 15) is 9.59 Å². The SMILES string of the molecule is COc1ccc2cc(C(=O)N3CCCC(C(=O)Nc4ccccc4)C3)[nH]c2c1. The van der Waals surface area contributed by atoms with Crippen molar-refractivity contribution in [3.05, 3.63) is 60.3 Å². The number of aromatic nitrogens is 1. The second kappa shape index (κ2) is 7.76. The van der Waals surface area contributed by atoms with Gasteiger partial charge in [-0.3, -0.25) is 9.59 Å². The summed E-state index contributed by atoms with van der Waals surface area (Å²) in [5, 5.41) is 3.90. The van der Waals surface area contributed by atoms with Crippen molar-refractivity contribution >= 4 is 28.4 Å². The summed E-state index contributed by atoms with van der Waals surface area (Å²) < 4.78 is 5.24. The van der Waals surface area contributed by atoms with E-state index in [-0.39, 0.29) is 17.7 Å². The molecule has 3 aromatic rings. The number of nitrogens with zero attached hydrogens (tertiary/aromatic N) is 1. The fraction of sp³-hybridized carbons (Fsp3) is 0.273. The molecular formula is C22H23N3O3. The van der Waals surface area contributed by atoms with Crippen molar-refractivity contribution in [1.29, 1.82) is 0 Å². The highest BCUT2D eigenvalue weighted by molar-refractivity contribution is 5.99. The summed E-state index contributed by atoms with van der Waals surface area (Å²) >= 11 is 0. The average Bonchev–Trinajstić information content (AvgIpc) is 3.17. The zero-order valence-corrected chi connectivity index (χ0v) is 15.8. The average molecular weight is 377 g/mol. The molecule has 2 heterocycles. The van der Waals surface area contributed by atoms with Gasteiger partial charge in [0.15, 0.2) is 0 Å². The quantitative estimate of drug-likeness (QED) is 0.729. The molecular weight excluding hydrogens is 354 g/mol. The van der Waals surface area contributed by atoms with E-state index in [1.165, 1.54) is 0 Å². The molecule has 2 amide bonds. The second-order valence-corrected chi connectivity index (χ2v) is 7.08. The lowest BCUT2D eigenvalue weighted by Gasteiger charge is -2.31. The molecule has 28 heavy (non-hydrogen) atoms. The lowest BCUT2D eigenvalue weighted by atomic mass is 9.96. The highest BCUT2D eigenvalue weighted by Gasteiger charge is 2.29. The van der Waals surface area contributed by atoms with E-state index in [0.29, 0.717) is 18.8 Å². The zero-order valence-electron chi connectivity index (χ0n) is 15.8. The third-order valence-corrected chi connectivity index (χ3v) is 5.18. The third kappa shape index (κ3) is 3.71. The molecule has 0 radical (unpaired) electrons. The van der Waals surface area contributed by atoms with Gasteiger partial charge < -0.3 is 19.9 Å². The summed E-state index contributed by atoms with van der Waals surface area (Å²) in [6.45, 7) is 1.09. The summed E-state index contributed by atoms with van der Waals surface area (Å²) in [4.78, 5) is 30.5. The first kappa shape index (κ1) is 18.1. The Hall–Kier alpha value is -3.28. The van der Waals surface area contributed by atoms with E-state index in [1.807, 2.05) is 54.6 Å². The van der Waals surface area contributed by atoms with Crippen LogP contribution in [-0.2, 0) is 4.79 Å². The third-order valence-electron chi connectivity index (χ3n) is 5.18. The molecule has 0 bridgehead atoms. The van der Waals surface area contributed by atoms with Gasteiger partial charge in [-0.25, -0.2) is 0 Å². The van der Waals surface area contributed by atoms with Gasteiger partial charge in [-0.05, 0) is 43.2 Å². The lowest BCUT2D eigenvalue weighted by Crippen LogP contribution is -2.43. The number of fused-ring (bicyclic) bond motifs is 1. The Balaban J connectivity index is 1.46. The monoisotopic (exact) mass is 377 g/mol. The van der Waals surface area contributed by atoms with Crippen molar-refractivity contribution in [2.45, 2.75) is 12.8 Å². The van der Waals surface area contributed by atoms with Gasteiger partial charge in [0.05, 0.1) is 13.0 Å². The van der Waals surface area contributed by atoms with Gasteiger partial charge in [0, 0.05) is 35.7 Å². The maximum atomic E-state index is 13.0. The summed E-state index contributed by atoms with van der Waals surface area (Å²) in [6.07, 6.45) is 1.60. The number of para-hydroxylation sites is 1. The summed E-state index contributed by atoms with van der Waals surface area (Å²) in [7, 11) is 1.62. The molecule has 0 saturated carbocycles. The molecule has 4 rings (SSSR count). The van der Waals surface area contributed by atoms with Crippen molar-refractivity contribution < 1.29 is 14.3 Å². The van der Waals surface area contributed by atoms with Crippen LogP contribution in [0.1, 0.15) is 23.3 Å². The van der Waals surface area contributed by atoms with Crippen LogP contribution in [0, 0.1) is 5.92 Å². The van der Waals surface area contributed by atoms with Crippen LogP contribution in [0.25, 0.3) is 10.9 Å². The number of anilines is 1. The molecule has 6 heteroatoms. The minimum absolute atomic E-state index is 0.0370. The fourth-order valence-electron chi connectivity index (χ4n) is 3.66. The fourth-order valence-corrected chi connectivity index (χ4v) is 3.66. The normalized spacial score (nSPS) is 16.8. The number of methoxy groups -OCH3 is 1. The Labute approximate surface area is 163 Å². The number of carbonyl (C=O) groups excluding carboxylic acids is 2. The number of rotatable bonds is 4. The largest absolute Gasteiger partial charge is 0.497 e. The van der Waals surface area contributed by atoms with Crippen molar-refractivity contribution in [2.75, 3.05) is 25.5 Å². The molecule has 1 saturated heterocycles. The van der Waals surface area contributed by atoms with E-state index in [0.717, 1.165) is 35.2 Å². The van der Waals surface area contributed by atoms with Crippen LogP contribution in [0.5, 0.6) is 5.75 Å². The predicted molar refractivity (Wildman–Crippen MR) is 109 cm³/mol. The first-order valence-corrected chi connectivity index (χ1v) is 9.46. The molecule has 2 aromatic carbocycles. The number of H-pyrrole nitrogens is 1. The molecule has 0 aliphatic carbocycles. The number of aromatic amines is 1. The number of hydrogen-bond donors (Lipinski definition) is 2. The minimum Gasteiger partial charge on any atom is -0.497 e. The molecule has 1 unspecified atom stereocenters. The van der Waals surface area contributed by atoms with Gasteiger partial charge in [-0.1, -0.05) is 18.2 Å². The summed E-state index contributed by atoms with van der Waals surface area (Å²) in [5.74, 6) is 0.420. The zero-order chi connectivity index (χ0) is 19.5. The van der Waals surface area contributed by atoms with E-state index < -0.39 is 0 Å². The molecule has 1 fully saturated rings.